The fraction of sp³-hybridized carbons (Fsp3) is 0.381. The van der Waals surface area contributed by atoms with Crippen LogP contribution in [0.25, 0.3) is 0 Å². The minimum Gasteiger partial charge on any atom is -0.460 e. The highest BCUT2D eigenvalue weighted by Gasteiger charge is 2.61. The summed E-state index contributed by atoms with van der Waals surface area (Å²) >= 11 is 0. The molecular formula is C21H22O3. The van der Waals surface area contributed by atoms with E-state index in [1.807, 2.05) is 63.2 Å². The van der Waals surface area contributed by atoms with Gasteiger partial charge in [0, 0.05) is 0 Å². The third-order valence-electron chi connectivity index (χ3n) is 4.87. The van der Waals surface area contributed by atoms with Crippen molar-refractivity contribution in [2.24, 2.45) is 5.92 Å². The molecule has 1 saturated heterocycles. The van der Waals surface area contributed by atoms with E-state index in [4.69, 9.17) is 9.47 Å². The molecule has 1 fully saturated rings. The first-order valence-corrected chi connectivity index (χ1v) is 8.47. The zero-order valence-electron chi connectivity index (χ0n) is 14.3. The number of fused-ring (bicyclic) bond motifs is 5. The van der Waals surface area contributed by atoms with Crippen molar-refractivity contribution < 1.29 is 14.3 Å². The van der Waals surface area contributed by atoms with Crippen LogP contribution in [0.1, 0.15) is 50.0 Å². The number of benzene rings is 2. The summed E-state index contributed by atoms with van der Waals surface area (Å²) in [6.45, 7) is 5.71. The Morgan fingerprint density at radius 3 is 2.46 bits per heavy atom. The molecule has 0 saturated carbocycles. The van der Waals surface area contributed by atoms with Crippen LogP contribution in [-0.4, -0.2) is 11.6 Å². The lowest BCUT2D eigenvalue weighted by molar-refractivity contribution is -0.164. The van der Waals surface area contributed by atoms with Gasteiger partial charge in [0.15, 0.2) is 0 Å². The van der Waals surface area contributed by atoms with Gasteiger partial charge in [0.05, 0.1) is 12.0 Å². The lowest BCUT2D eigenvalue weighted by Crippen LogP contribution is -2.41. The van der Waals surface area contributed by atoms with Gasteiger partial charge in [0.25, 0.3) is 0 Å². The van der Waals surface area contributed by atoms with E-state index >= 15 is 0 Å². The van der Waals surface area contributed by atoms with Crippen molar-refractivity contribution in [2.75, 3.05) is 0 Å². The normalized spacial score (nSPS) is 27.8. The maximum Gasteiger partial charge on any atom is 0.313 e. The van der Waals surface area contributed by atoms with Crippen LogP contribution in [0.4, 0.5) is 0 Å². The van der Waals surface area contributed by atoms with E-state index in [1.54, 1.807) is 0 Å². The fourth-order valence-electron chi connectivity index (χ4n) is 4.04. The molecule has 2 heterocycles. The Balaban J connectivity index is 1.85. The number of ether oxygens (including phenoxy) is 2. The number of hydrogen-bond donors (Lipinski definition) is 0. The first-order chi connectivity index (χ1) is 11.4. The predicted molar refractivity (Wildman–Crippen MR) is 91.4 cm³/mol. The molecule has 24 heavy (non-hydrogen) atoms. The lowest BCUT2D eigenvalue weighted by atomic mass is 9.71. The third-order valence-corrected chi connectivity index (χ3v) is 4.87. The molecule has 4 rings (SSSR count). The summed E-state index contributed by atoms with van der Waals surface area (Å²) in [6.07, 6.45) is 0.625. The largest absolute Gasteiger partial charge is 0.460 e. The molecule has 3 heteroatoms. The Hall–Kier alpha value is -2.13. The SMILES string of the molecule is CC(C)(C)OC(=O)C1C[C@@H]2O[C@@]1(c1ccccc1)c1ccccc12. The van der Waals surface area contributed by atoms with Crippen molar-refractivity contribution in [1.82, 2.24) is 0 Å². The van der Waals surface area contributed by atoms with Crippen molar-refractivity contribution in [3.05, 3.63) is 71.3 Å². The Bertz CT molecular complexity index is 775. The molecule has 2 aromatic rings. The molecule has 0 aliphatic carbocycles. The van der Waals surface area contributed by atoms with Gasteiger partial charge in [0.2, 0.25) is 0 Å². The Morgan fingerprint density at radius 1 is 1.08 bits per heavy atom. The summed E-state index contributed by atoms with van der Waals surface area (Å²) in [5.41, 5.74) is 2.08. The van der Waals surface area contributed by atoms with Crippen LogP contribution in [0, 0.1) is 5.92 Å². The molecule has 2 aliphatic rings. The first kappa shape index (κ1) is 15.4. The number of esters is 1. The van der Waals surface area contributed by atoms with E-state index in [2.05, 4.69) is 12.1 Å². The second-order valence-electron chi connectivity index (χ2n) is 7.62. The average molecular weight is 322 g/mol. The van der Waals surface area contributed by atoms with Gasteiger partial charge in [-0.2, -0.15) is 0 Å². The summed E-state index contributed by atoms with van der Waals surface area (Å²) in [6, 6.07) is 18.3. The second-order valence-corrected chi connectivity index (χ2v) is 7.62. The minimum absolute atomic E-state index is 0.0427. The van der Waals surface area contributed by atoms with E-state index in [0.29, 0.717) is 6.42 Å². The quantitative estimate of drug-likeness (QED) is 0.771. The Morgan fingerprint density at radius 2 is 1.75 bits per heavy atom. The van der Waals surface area contributed by atoms with E-state index in [-0.39, 0.29) is 18.0 Å². The summed E-state index contributed by atoms with van der Waals surface area (Å²) < 4.78 is 12.2. The summed E-state index contributed by atoms with van der Waals surface area (Å²) in [5.74, 6) is -0.498. The smallest absolute Gasteiger partial charge is 0.313 e. The molecule has 3 atom stereocenters. The van der Waals surface area contributed by atoms with E-state index in [0.717, 1.165) is 11.1 Å². The van der Waals surface area contributed by atoms with Crippen LogP contribution >= 0.6 is 0 Å². The maximum atomic E-state index is 12.9. The number of hydrogen-bond acceptors (Lipinski definition) is 3. The van der Waals surface area contributed by atoms with Crippen LogP contribution in [0.15, 0.2) is 54.6 Å². The van der Waals surface area contributed by atoms with Gasteiger partial charge in [0.1, 0.15) is 11.2 Å². The number of carbonyl (C=O) groups is 1. The van der Waals surface area contributed by atoms with Crippen molar-refractivity contribution in [3.63, 3.8) is 0 Å². The van der Waals surface area contributed by atoms with Gasteiger partial charge in [-0.3, -0.25) is 4.79 Å². The average Bonchev–Trinajstić information content (AvgIpc) is 3.10. The highest BCUT2D eigenvalue weighted by molar-refractivity contribution is 5.78. The van der Waals surface area contributed by atoms with Gasteiger partial charge in [-0.05, 0) is 43.9 Å². The van der Waals surface area contributed by atoms with Gasteiger partial charge >= 0.3 is 5.97 Å². The van der Waals surface area contributed by atoms with Crippen LogP contribution in [0.3, 0.4) is 0 Å². The molecule has 3 nitrogen and oxygen atoms in total. The van der Waals surface area contributed by atoms with Crippen LogP contribution in [-0.2, 0) is 19.9 Å². The molecule has 2 aromatic carbocycles. The molecule has 1 unspecified atom stereocenters. The van der Waals surface area contributed by atoms with Crippen LogP contribution in [0.5, 0.6) is 0 Å². The van der Waals surface area contributed by atoms with E-state index in [1.165, 1.54) is 5.56 Å². The Kier molecular flexibility index (Phi) is 3.33. The second kappa shape index (κ2) is 5.18. The third kappa shape index (κ3) is 2.19. The monoisotopic (exact) mass is 322 g/mol. The van der Waals surface area contributed by atoms with Crippen molar-refractivity contribution in [2.45, 2.75) is 44.5 Å². The Labute approximate surface area is 142 Å². The summed E-state index contributed by atoms with van der Waals surface area (Å²) in [4.78, 5) is 12.9. The van der Waals surface area contributed by atoms with Crippen LogP contribution < -0.4 is 0 Å². The van der Waals surface area contributed by atoms with Crippen LogP contribution in [0.2, 0.25) is 0 Å². The number of carbonyl (C=O) groups excluding carboxylic acids is 1. The zero-order valence-corrected chi connectivity index (χ0v) is 14.3. The van der Waals surface area contributed by atoms with Gasteiger partial charge in [-0.25, -0.2) is 0 Å². The molecule has 0 spiro atoms. The molecule has 2 bridgehead atoms. The minimum atomic E-state index is -0.731. The van der Waals surface area contributed by atoms with E-state index < -0.39 is 11.2 Å². The molecular weight excluding hydrogens is 300 g/mol. The van der Waals surface area contributed by atoms with Crippen molar-refractivity contribution >= 4 is 5.97 Å². The summed E-state index contributed by atoms with van der Waals surface area (Å²) in [7, 11) is 0. The molecule has 0 amide bonds. The zero-order chi connectivity index (χ0) is 16.9. The standard InChI is InChI=1S/C21H22O3/c1-20(2,3)24-19(22)17-13-18-15-11-7-8-12-16(15)21(17,23-18)14-9-5-4-6-10-14/h4-12,17-18H,13H2,1-3H3/t17?,18-,21-/m0/s1. The fourth-order valence-corrected chi connectivity index (χ4v) is 4.04. The maximum absolute atomic E-state index is 12.9. The number of rotatable bonds is 2. The molecule has 0 N–H and O–H groups in total. The molecule has 0 radical (unpaired) electrons. The van der Waals surface area contributed by atoms with E-state index in [9.17, 15) is 4.79 Å². The highest BCUT2D eigenvalue weighted by atomic mass is 16.6. The lowest BCUT2D eigenvalue weighted by Gasteiger charge is -2.35. The van der Waals surface area contributed by atoms with Crippen molar-refractivity contribution in [3.8, 4) is 0 Å². The molecule has 124 valence electrons. The van der Waals surface area contributed by atoms with Gasteiger partial charge in [-0.15, -0.1) is 0 Å². The summed E-state index contributed by atoms with van der Waals surface area (Å²) in [5, 5.41) is 0. The first-order valence-electron chi connectivity index (χ1n) is 8.47. The topological polar surface area (TPSA) is 35.5 Å². The predicted octanol–water partition coefficient (Wildman–Crippen LogP) is 4.36. The molecule has 2 aliphatic heterocycles. The highest BCUT2D eigenvalue weighted by Crippen LogP contribution is 2.61. The van der Waals surface area contributed by atoms with Crippen molar-refractivity contribution in [1.29, 1.82) is 0 Å². The van der Waals surface area contributed by atoms with Gasteiger partial charge in [-0.1, -0.05) is 54.6 Å². The molecule has 0 aromatic heterocycles. The van der Waals surface area contributed by atoms with Gasteiger partial charge < -0.3 is 9.47 Å².